The number of Topliss-reactive ketones (excluding diaryl/α,β-unsaturated/α-hetero) is 1. The Morgan fingerprint density at radius 1 is 1.17 bits per heavy atom. The van der Waals surface area contributed by atoms with Crippen LogP contribution in [0.25, 0.3) is 0 Å². The summed E-state index contributed by atoms with van der Waals surface area (Å²) in [4.78, 5) is 15.3. The Labute approximate surface area is 180 Å². The van der Waals surface area contributed by atoms with E-state index in [1.165, 1.54) is 11.3 Å². The molecule has 0 radical (unpaired) electrons. The molecule has 3 heteroatoms. The lowest BCUT2D eigenvalue weighted by molar-refractivity contribution is -0.113. The number of ketones is 1. The molecule has 158 valence electrons. The fourth-order valence-corrected chi connectivity index (χ4v) is 4.78. The van der Waals surface area contributed by atoms with Gasteiger partial charge in [0.25, 0.3) is 0 Å². The number of likely N-dealkylation sites (N-methyl/N-ethyl adjacent to an activating group) is 1. The highest BCUT2D eigenvalue weighted by Crippen LogP contribution is 2.48. The molecule has 1 aliphatic heterocycles. The third-order valence-electron chi connectivity index (χ3n) is 6.62. The highest BCUT2D eigenvalue weighted by Gasteiger charge is 2.42. The maximum atomic E-state index is 13.1. The highest BCUT2D eigenvalue weighted by atomic mass is 16.3. The molecule has 3 nitrogen and oxygen atoms in total. The van der Waals surface area contributed by atoms with Crippen molar-refractivity contribution in [1.29, 1.82) is 0 Å². The van der Waals surface area contributed by atoms with E-state index in [9.17, 15) is 9.90 Å². The van der Waals surface area contributed by atoms with Crippen molar-refractivity contribution in [2.75, 3.05) is 11.4 Å². The van der Waals surface area contributed by atoms with E-state index >= 15 is 0 Å². The summed E-state index contributed by atoms with van der Waals surface area (Å²) in [5, 5.41) is 10.8. The van der Waals surface area contributed by atoms with Gasteiger partial charge in [-0.1, -0.05) is 51.1 Å². The molecule has 1 heterocycles. The van der Waals surface area contributed by atoms with Crippen LogP contribution in [0.4, 0.5) is 5.69 Å². The smallest absolute Gasteiger partial charge is 0.200 e. The van der Waals surface area contributed by atoms with Crippen molar-refractivity contribution < 1.29 is 9.90 Å². The van der Waals surface area contributed by atoms with Crippen LogP contribution in [-0.2, 0) is 10.2 Å². The lowest BCUT2D eigenvalue weighted by Gasteiger charge is -2.29. The lowest BCUT2D eigenvalue weighted by Crippen LogP contribution is -2.29. The topological polar surface area (TPSA) is 40.5 Å². The molecule has 0 fully saturated rings. The first-order chi connectivity index (χ1) is 14.1. The SMILES string of the molecule is C=C(C)/C(CC)=C(C)\C(C)=C1/C(=O)C(/C=C2\N(CC)c3ccccc3C2(C)C)=C1O. The molecule has 0 spiro atoms. The Balaban J connectivity index is 2.11. The number of hydrogen-bond donors (Lipinski definition) is 1. The van der Waals surface area contributed by atoms with E-state index in [0.29, 0.717) is 11.1 Å². The summed E-state index contributed by atoms with van der Waals surface area (Å²) >= 11 is 0. The second-order valence-corrected chi connectivity index (χ2v) is 8.74. The normalized spacial score (nSPS) is 21.5. The Morgan fingerprint density at radius 3 is 2.33 bits per heavy atom. The van der Waals surface area contributed by atoms with Crippen molar-refractivity contribution in [3.63, 3.8) is 0 Å². The van der Waals surface area contributed by atoms with Gasteiger partial charge in [-0.25, -0.2) is 0 Å². The summed E-state index contributed by atoms with van der Waals surface area (Å²) in [5.74, 6) is 0.0150. The maximum absolute atomic E-state index is 13.1. The summed E-state index contributed by atoms with van der Waals surface area (Å²) in [6.07, 6.45) is 2.73. The molecule has 30 heavy (non-hydrogen) atoms. The van der Waals surface area contributed by atoms with Gasteiger partial charge in [0, 0.05) is 23.3 Å². The van der Waals surface area contributed by atoms with Gasteiger partial charge in [0.15, 0.2) is 0 Å². The zero-order chi connectivity index (χ0) is 22.4. The number of benzene rings is 1. The van der Waals surface area contributed by atoms with E-state index in [2.05, 4.69) is 57.4 Å². The van der Waals surface area contributed by atoms with Gasteiger partial charge in [-0.05, 0) is 68.5 Å². The molecule has 0 saturated carbocycles. The molecular weight excluding hydrogens is 370 g/mol. The van der Waals surface area contributed by atoms with Gasteiger partial charge in [0.05, 0.1) is 11.1 Å². The number of carbonyl (C=O) groups is 1. The lowest BCUT2D eigenvalue weighted by atomic mass is 9.78. The Kier molecular flexibility index (Phi) is 5.68. The third-order valence-corrected chi connectivity index (χ3v) is 6.62. The van der Waals surface area contributed by atoms with Crippen LogP contribution in [0.2, 0.25) is 0 Å². The predicted molar refractivity (Wildman–Crippen MR) is 126 cm³/mol. The minimum absolute atomic E-state index is 0.0863. The number of fused-ring (bicyclic) bond motifs is 1. The van der Waals surface area contributed by atoms with E-state index < -0.39 is 0 Å². The fourth-order valence-electron chi connectivity index (χ4n) is 4.78. The molecule has 0 bridgehead atoms. The molecule has 0 unspecified atom stereocenters. The molecule has 1 N–H and O–H groups in total. The van der Waals surface area contributed by atoms with Gasteiger partial charge in [-0.3, -0.25) is 4.79 Å². The first-order valence-corrected chi connectivity index (χ1v) is 10.7. The standard InChI is InChI=1S/C27H33NO2/c1-9-19(16(3)4)17(5)18(6)24-25(29)20(26(24)30)15-23-27(7,8)21-13-11-12-14-22(21)28(23)10-2/h11-15,29H,3,9-10H2,1-2,4-8H3/b19-17-,23-15-,24-18-. The number of allylic oxidation sites excluding steroid dienone is 8. The molecule has 0 aromatic heterocycles. The fraction of sp³-hybridized carbons (Fsp3) is 0.370. The van der Waals surface area contributed by atoms with E-state index in [0.717, 1.165) is 41.0 Å². The van der Waals surface area contributed by atoms with Crippen LogP contribution >= 0.6 is 0 Å². The van der Waals surface area contributed by atoms with Gasteiger partial charge in [-0.2, -0.15) is 0 Å². The van der Waals surface area contributed by atoms with Crippen LogP contribution in [0.15, 0.2) is 81.8 Å². The summed E-state index contributed by atoms with van der Waals surface area (Å²) in [6, 6.07) is 8.35. The van der Waals surface area contributed by atoms with Crippen LogP contribution in [0.5, 0.6) is 0 Å². The van der Waals surface area contributed by atoms with Gasteiger partial charge >= 0.3 is 0 Å². The van der Waals surface area contributed by atoms with E-state index in [1.54, 1.807) is 0 Å². The molecule has 0 saturated heterocycles. The first-order valence-electron chi connectivity index (χ1n) is 10.7. The number of carbonyl (C=O) groups excluding carboxylic acids is 1. The van der Waals surface area contributed by atoms with Crippen LogP contribution < -0.4 is 4.90 Å². The molecule has 0 atom stereocenters. The van der Waals surface area contributed by atoms with Crippen molar-refractivity contribution in [1.82, 2.24) is 0 Å². The van der Waals surface area contributed by atoms with Crippen LogP contribution in [-0.4, -0.2) is 17.4 Å². The number of anilines is 1. The minimum atomic E-state index is -0.236. The number of hydrogen-bond acceptors (Lipinski definition) is 3. The van der Waals surface area contributed by atoms with Crippen molar-refractivity contribution in [2.45, 2.75) is 60.3 Å². The van der Waals surface area contributed by atoms with Crippen LogP contribution in [0.3, 0.4) is 0 Å². The number of aliphatic hydroxyl groups is 1. The average Bonchev–Trinajstić information content (AvgIpc) is 2.92. The van der Waals surface area contributed by atoms with Crippen LogP contribution in [0, 0.1) is 0 Å². The number of para-hydroxylation sites is 1. The summed E-state index contributed by atoms with van der Waals surface area (Å²) < 4.78 is 0. The summed E-state index contributed by atoms with van der Waals surface area (Å²) in [7, 11) is 0. The number of aliphatic hydroxyl groups excluding tert-OH is 1. The molecule has 1 aromatic carbocycles. The second kappa shape index (κ2) is 7.79. The van der Waals surface area contributed by atoms with Gasteiger partial charge < -0.3 is 10.0 Å². The molecule has 0 amide bonds. The van der Waals surface area contributed by atoms with E-state index in [1.807, 2.05) is 32.9 Å². The van der Waals surface area contributed by atoms with Crippen LogP contribution in [0.1, 0.15) is 60.5 Å². The van der Waals surface area contributed by atoms with Gasteiger partial charge in [-0.15, -0.1) is 0 Å². The summed E-state index contributed by atoms with van der Waals surface area (Å²) in [5.41, 5.74) is 8.04. The first kappa shape index (κ1) is 21.9. The minimum Gasteiger partial charge on any atom is -0.506 e. The van der Waals surface area contributed by atoms with Gasteiger partial charge in [0.2, 0.25) is 5.78 Å². The second-order valence-electron chi connectivity index (χ2n) is 8.74. The largest absolute Gasteiger partial charge is 0.506 e. The van der Waals surface area contributed by atoms with Crippen molar-refractivity contribution in [3.05, 3.63) is 87.4 Å². The van der Waals surface area contributed by atoms with Gasteiger partial charge in [0.1, 0.15) is 5.76 Å². The molecule has 1 aromatic rings. The zero-order valence-corrected chi connectivity index (χ0v) is 19.3. The molecule has 3 rings (SSSR count). The van der Waals surface area contributed by atoms with E-state index in [-0.39, 0.29) is 17.0 Å². The monoisotopic (exact) mass is 403 g/mol. The Hall–Kier alpha value is -2.81. The Bertz CT molecular complexity index is 1060. The van der Waals surface area contributed by atoms with E-state index in [4.69, 9.17) is 0 Å². The maximum Gasteiger partial charge on any atom is 0.200 e. The highest BCUT2D eigenvalue weighted by molar-refractivity contribution is 6.21. The van der Waals surface area contributed by atoms with Crippen molar-refractivity contribution in [3.8, 4) is 0 Å². The average molecular weight is 404 g/mol. The number of rotatable bonds is 5. The van der Waals surface area contributed by atoms with Crippen molar-refractivity contribution in [2.24, 2.45) is 0 Å². The molecule has 2 aliphatic rings. The van der Waals surface area contributed by atoms with Crippen molar-refractivity contribution >= 4 is 11.5 Å². The zero-order valence-electron chi connectivity index (χ0n) is 19.3. The molecular formula is C27H33NO2. The summed E-state index contributed by atoms with van der Waals surface area (Å²) in [6.45, 7) is 19.3. The predicted octanol–water partition coefficient (Wildman–Crippen LogP) is 6.70. The third kappa shape index (κ3) is 3.17. The Morgan fingerprint density at radius 2 is 1.80 bits per heavy atom. The quantitative estimate of drug-likeness (QED) is 0.439. The number of nitrogens with zero attached hydrogens (tertiary/aromatic N) is 1. The molecule has 1 aliphatic carbocycles.